The van der Waals surface area contributed by atoms with E-state index in [9.17, 15) is 9.59 Å². The maximum absolute atomic E-state index is 12.5. The van der Waals surface area contributed by atoms with Gasteiger partial charge in [-0.2, -0.15) is 0 Å². The Kier molecular flexibility index (Phi) is 4.75. The van der Waals surface area contributed by atoms with Crippen molar-refractivity contribution in [2.75, 3.05) is 12.4 Å². The fourth-order valence-corrected chi connectivity index (χ4v) is 4.55. The van der Waals surface area contributed by atoms with Gasteiger partial charge >= 0.3 is 5.97 Å². The second kappa shape index (κ2) is 7.34. The number of nitrogens with one attached hydrogen (secondary N) is 1. The van der Waals surface area contributed by atoms with Crippen LogP contribution in [0.2, 0.25) is 0 Å². The summed E-state index contributed by atoms with van der Waals surface area (Å²) in [6, 6.07) is 17.5. The van der Waals surface area contributed by atoms with Gasteiger partial charge < -0.3 is 10.1 Å². The molecule has 0 atom stereocenters. The molecule has 134 valence electrons. The summed E-state index contributed by atoms with van der Waals surface area (Å²) in [6.07, 6.45) is 0. The van der Waals surface area contributed by atoms with Crippen molar-refractivity contribution in [1.29, 1.82) is 0 Å². The van der Waals surface area contributed by atoms with Crippen molar-refractivity contribution in [3.05, 3.63) is 75.8 Å². The first kappa shape index (κ1) is 17.5. The molecule has 2 aromatic heterocycles. The second-order valence-electron chi connectivity index (χ2n) is 5.80. The molecule has 0 unspecified atom stereocenters. The lowest BCUT2D eigenvalue weighted by Gasteiger charge is -2.09. The Morgan fingerprint density at radius 2 is 1.74 bits per heavy atom. The fourth-order valence-electron chi connectivity index (χ4n) is 2.99. The highest BCUT2D eigenvalue weighted by Gasteiger charge is 2.23. The second-order valence-corrected chi connectivity index (χ2v) is 7.63. The van der Waals surface area contributed by atoms with Crippen molar-refractivity contribution in [2.24, 2.45) is 0 Å². The summed E-state index contributed by atoms with van der Waals surface area (Å²) in [6.45, 7) is 0. The van der Waals surface area contributed by atoms with E-state index in [4.69, 9.17) is 4.74 Å². The lowest BCUT2D eigenvalue weighted by atomic mass is 9.97. The van der Waals surface area contributed by atoms with Crippen LogP contribution in [0.25, 0.3) is 21.9 Å². The van der Waals surface area contributed by atoms with E-state index in [0.717, 1.165) is 21.9 Å². The summed E-state index contributed by atoms with van der Waals surface area (Å²) in [5, 5.41) is 9.20. The topological polar surface area (TPSA) is 55.4 Å². The summed E-state index contributed by atoms with van der Waals surface area (Å²) in [5.41, 5.74) is 2.07. The molecule has 0 bridgehead atoms. The SMILES string of the molecule is COC(=O)c1c(-c2cccc3ccccc23)csc1NC(=O)c1cccs1. The predicted molar refractivity (Wildman–Crippen MR) is 111 cm³/mol. The van der Waals surface area contributed by atoms with Crippen LogP contribution in [0.1, 0.15) is 20.0 Å². The third-order valence-corrected chi connectivity index (χ3v) is 6.00. The van der Waals surface area contributed by atoms with E-state index < -0.39 is 5.97 Å². The highest BCUT2D eigenvalue weighted by molar-refractivity contribution is 7.15. The molecule has 1 amide bonds. The zero-order valence-corrected chi connectivity index (χ0v) is 16.0. The number of amides is 1. The molecule has 0 aliphatic rings. The molecule has 0 radical (unpaired) electrons. The van der Waals surface area contributed by atoms with Crippen LogP contribution in [-0.4, -0.2) is 19.0 Å². The molecule has 4 nitrogen and oxygen atoms in total. The Balaban J connectivity index is 1.83. The minimum atomic E-state index is -0.472. The van der Waals surface area contributed by atoms with Gasteiger partial charge in [0.2, 0.25) is 0 Å². The van der Waals surface area contributed by atoms with Gasteiger partial charge in [0.1, 0.15) is 10.6 Å². The van der Waals surface area contributed by atoms with Gasteiger partial charge in [0.15, 0.2) is 0 Å². The Morgan fingerprint density at radius 1 is 0.926 bits per heavy atom. The van der Waals surface area contributed by atoms with Crippen molar-refractivity contribution in [3.8, 4) is 11.1 Å². The summed E-state index contributed by atoms with van der Waals surface area (Å²) < 4.78 is 5.00. The zero-order valence-electron chi connectivity index (χ0n) is 14.4. The number of carbonyl (C=O) groups excluding carboxylic acids is 2. The van der Waals surface area contributed by atoms with Crippen LogP contribution < -0.4 is 5.32 Å². The van der Waals surface area contributed by atoms with Gasteiger partial charge in [-0.05, 0) is 27.8 Å². The molecule has 0 saturated carbocycles. The Bertz CT molecular complexity index is 1120. The molecule has 0 fully saturated rings. The van der Waals surface area contributed by atoms with Gasteiger partial charge in [0.05, 0.1) is 12.0 Å². The molecule has 2 heterocycles. The van der Waals surface area contributed by atoms with E-state index in [1.165, 1.54) is 29.8 Å². The first-order valence-electron chi connectivity index (χ1n) is 8.22. The van der Waals surface area contributed by atoms with Crippen LogP contribution in [-0.2, 0) is 4.74 Å². The first-order chi connectivity index (χ1) is 13.2. The van der Waals surface area contributed by atoms with E-state index in [1.807, 2.05) is 59.3 Å². The molecular formula is C21H15NO3S2. The van der Waals surface area contributed by atoms with Crippen LogP contribution in [0.3, 0.4) is 0 Å². The van der Waals surface area contributed by atoms with Crippen LogP contribution in [0.15, 0.2) is 65.4 Å². The molecule has 0 aliphatic carbocycles. The quantitative estimate of drug-likeness (QED) is 0.455. The molecular weight excluding hydrogens is 378 g/mol. The molecule has 4 aromatic rings. The monoisotopic (exact) mass is 393 g/mol. The normalized spacial score (nSPS) is 10.7. The number of fused-ring (bicyclic) bond motifs is 1. The Labute approximate surface area is 164 Å². The summed E-state index contributed by atoms with van der Waals surface area (Å²) in [5.74, 6) is -0.706. The largest absolute Gasteiger partial charge is 0.465 e. The number of ether oxygens (including phenoxy) is 1. The van der Waals surface area contributed by atoms with Crippen molar-refractivity contribution in [1.82, 2.24) is 0 Å². The highest BCUT2D eigenvalue weighted by atomic mass is 32.1. The third-order valence-electron chi connectivity index (χ3n) is 4.23. The van der Waals surface area contributed by atoms with Crippen molar-refractivity contribution >= 4 is 50.3 Å². The van der Waals surface area contributed by atoms with Crippen LogP contribution in [0.5, 0.6) is 0 Å². The van der Waals surface area contributed by atoms with Crippen LogP contribution >= 0.6 is 22.7 Å². The minimum absolute atomic E-state index is 0.235. The molecule has 27 heavy (non-hydrogen) atoms. The summed E-state index contributed by atoms with van der Waals surface area (Å²) in [7, 11) is 1.34. The van der Waals surface area contributed by atoms with Gasteiger partial charge in [0, 0.05) is 10.9 Å². The number of thiophene rings is 2. The fraction of sp³-hybridized carbons (Fsp3) is 0.0476. The number of benzene rings is 2. The average Bonchev–Trinajstić information content (AvgIpc) is 3.37. The molecule has 0 spiro atoms. The van der Waals surface area contributed by atoms with E-state index in [2.05, 4.69) is 5.32 Å². The maximum Gasteiger partial charge on any atom is 0.341 e. The van der Waals surface area contributed by atoms with Gasteiger partial charge in [0.25, 0.3) is 5.91 Å². The first-order valence-corrected chi connectivity index (χ1v) is 9.97. The number of hydrogen-bond acceptors (Lipinski definition) is 5. The number of esters is 1. The van der Waals surface area contributed by atoms with Gasteiger partial charge in [-0.3, -0.25) is 4.79 Å². The number of hydrogen-bond donors (Lipinski definition) is 1. The van der Waals surface area contributed by atoms with Crippen molar-refractivity contribution in [2.45, 2.75) is 0 Å². The van der Waals surface area contributed by atoms with E-state index >= 15 is 0 Å². The summed E-state index contributed by atoms with van der Waals surface area (Å²) in [4.78, 5) is 25.6. The van der Waals surface area contributed by atoms with Crippen LogP contribution in [0.4, 0.5) is 5.00 Å². The molecule has 2 aromatic carbocycles. The maximum atomic E-state index is 12.5. The predicted octanol–water partition coefficient (Wildman–Crippen LogP) is 5.67. The zero-order chi connectivity index (χ0) is 18.8. The number of methoxy groups -OCH3 is 1. The summed E-state index contributed by atoms with van der Waals surface area (Å²) >= 11 is 2.67. The molecule has 4 rings (SSSR count). The van der Waals surface area contributed by atoms with Crippen LogP contribution in [0, 0.1) is 0 Å². The van der Waals surface area contributed by atoms with E-state index in [0.29, 0.717) is 15.4 Å². The van der Waals surface area contributed by atoms with E-state index in [1.54, 1.807) is 6.07 Å². The Morgan fingerprint density at radius 3 is 2.52 bits per heavy atom. The Hall–Kier alpha value is -2.96. The minimum Gasteiger partial charge on any atom is -0.465 e. The third kappa shape index (κ3) is 3.25. The van der Waals surface area contributed by atoms with Crippen molar-refractivity contribution < 1.29 is 14.3 Å². The van der Waals surface area contributed by atoms with Gasteiger partial charge in [-0.25, -0.2) is 4.79 Å². The standard InChI is InChI=1S/C21H15NO3S2/c1-25-21(24)18-16(15-9-4-7-13-6-2-3-8-14(13)15)12-27-20(18)22-19(23)17-10-5-11-26-17/h2-12H,1H3,(H,22,23). The molecule has 1 N–H and O–H groups in total. The lowest BCUT2D eigenvalue weighted by molar-refractivity contribution is 0.0603. The van der Waals surface area contributed by atoms with E-state index in [-0.39, 0.29) is 5.91 Å². The van der Waals surface area contributed by atoms with Crippen molar-refractivity contribution in [3.63, 3.8) is 0 Å². The smallest absolute Gasteiger partial charge is 0.341 e. The van der Waals surface area contributed by atoms with Gasteiger partial charge in [-0.15, -0.1) is 22.7 Å². The number of carbonyl (C=O) groups is 2. The number of anilines is 1. The number of rotatable bonds is 4. The molecule has 0 aliphatic heterocycles. The highest BCUT2D eigenvalue weighted by Crippen LogP contribution is 2.39. The molecule has 0 saturated heterocycles. The van der Waals surface area contributed by atoms with Gasteiger partial charge in [-0.1, -0.05) is 48.5 Å². The average molecular weight is 393 g/mol. The lowest BCUT2D eigenvalue weighted by Crippen LogP contribution is -2.13. The molecule has 6 heteroatoms.